The number of ether oxygens (including phenoxy) is 1. The third-order valence-corrected chi connectivity index (χ3v) is 4.88. The van der Waals surface area contributed by atoms with Gasteiger partial charge in [-0.1, -0.05) is 12.1 Å². The maximum atomic E-state index is 12.4. The summed E-state index contributed by atoms with van der Waals surface area (Å²) in [6, 6.07) is 8.34. The van der Waals surface area contributed by atoms with Crippen LogP contribution in [0.3, 0.4) is 0 Å². The minimum atomic E-state index is -0.0565. The van der Waals surface area contributed by atoms with Crippen LogP contribution in [0.2, 0.25) is 0 Å². The highest BCUT2D eigenvalue weighted by molar-refractivity contribution is 5.94. The number of rotatable bonds is 4. The van der Waals surface area contributed by atoms with Crippen molar-refractivity contribution in [2.45, 2.75) is 13.0 Å². The first-order valence-corrected chi connectivity index (χ1v) is 9.09. The monoisotopic (exact) mass is 365 g/mol. The van der Waals surface area contributed by atoms with Gasteiger partial charge in [0.25, 0.3) is 0 Å². The molecule has 27 heavy (non-hydrogen) atoms. The summed E-state index contributed by atoms with van der Waals surface area (Å²) in [4.78, 5) is 18.9. The lowest BCUT2D eigenvalue weighted by Crippen LogP contribution is -2.47. The van der Waals surface area contributed by atoms with Gasteiger partial charge < -0.3 is 10.1 Å². The lowest BCUT2D eigenvalue weighted by Gasteiger charge is -2.32. The van der Waals surface area contributed by atoms with E-state index in [1.54, 1.807) is 10.9 Å². The second-order valence-corrected chi connectivity index (χ2v) is 6.98. The fourth-order valence-corrected chi connectivity index (χ4v) is 3.32. The summed E-state index contributed by atoms with van der Waals surface area (Å²) in [6.45, 7) is 4.52. The highest BCUT2D eigenvalue weighted by Gasteiger charge is 2.21. The Bertz CT molecular complexity index is 968. The summed E-state index contributed by atoms with van der Waals surface area (Å²) >= 11 is 0. The Labute approximate surface area is 157 Å². The van der Waals surface area contributed by atoms with Crippen LogP contribution in [-0.4, -0.2) is 57.9 Å². The Morgan fingerprint density at radius 2 is 2.15 bits per heavy atom. The van der Waals surface area contributed by atoms with E-state index in [1.165, 1.54) is 0 Å². The molecule has 7 heteroatoms. The molecule has 3 aromatic rings. The molecule has 1 saturated heterocycles. The number of carbonyl (C=O) groups is 1. The van der Waals surface area contributed by atoms with E-state index in [2.05, 4.69) is 39.4 Å². The van der Waals surface area contributed by atoms with E-state index in [9.17, 15) is 4.79 Å². The number of carbonyl (C=O) groups excluding carboxylic acids is 1. The summed E-state index contributed by atoms with van der Waals surface area (Å²) in [6.07, 6.45) is 5.61. The fraction of sp³-hybridized carbons (Fsp3) is 0.350. The smallest absolute Gasteiger partial charge is 0.239 e. The van der Waals surface area contributed by atoms with Crippen LogP contribution in [0.15, 0.2) is 42.9 Å². The maximum absolute atomic E-state index is 12.4. The van der Waals surface area contributed by atoms with E-state index in [0.717, 1.165) is 28.4 Å². The van der Waals surface area contributed by atoms with Gasteiger partial charge in [0, 0.05) is 43.0 Å². The number of hydrogen-bond acceptors (Lipinski definition) is 5. The topological polar surface area (TPSA) is 72.3 Å². The SMILES string of the molecule is CC1COCCN1CC(=O)Nc1cc2cc(-c3cnn(C)c3)ccc2cn1. The zero-order valence-corrected chi connectivity index (χ0v) is 15.6. The van der Waals surface area contributed by atoms with Gasteiger partial charge in [0.15, 0.2) is 0 Å². The molecule has 1 aliphatic rings. The molecule has 140 valence electrons. The third-order valence-electron chi connectivity index (χ3n) is 4.88. The molecule has 1 fully saturated rings. The molecule has 1 aromatic carbocycles. The fourth-order valence-electron chi connectivity index (χ4n) is 3.32. The largest absolute Gasteiger partial charge is 0.379 e. The summed E-state index contributed by atoms with van der Waals surface area (Å²) < 4.78 is 7.20. The van der Waals surface area contributed by atoms with Gasteiger partial charge in [-0.2, -0.15) is 5.10 Å². The quantitative estimate of drug-likeness (QED) is 0.768. The molecule has 7 nitrogen and oxygen atoms in total. The van der Waals surface area contributed by atoms with Crippen molar-refractivity contribution in [1.82, 2.24) is 19.7 Å². The van der Waals surface area contributed by atoms with Crippen molar-refractivity contribution in [3.63, 3.8) is 0 Å². The first-order valence-electron chi connectivity index (χ1n) is 9.09. The first-order chi connectivity index (χ1) is 13.1. The minimum absolute atomic E-state index is 0.0565. The van der Waals surface area contributed by atoms with Crippen molar-refractivity contribution >= 4 is 22.5 Å². The summed E-state index contributed by atoms with van der Waals surface area (Å²) in [5, 5.41) is 9.20. The Morgan fingerprint density at radius 3 is 2.93 bits per heavy atom. The van der Waals surface area contributed by atoms with Gasteiger partial charge in [0.05, 0.1) is 26.0 Å². The van der Waals surface area contributed by atoms with Crippen LogP contribution in [0, 0.1) is 0 Å². The van der Waals surface area contributed by atoms with E-state index < -0.39 is 0 Å². The van der Waals surface area contributed by atoms with Crippen molar-refractivity contribution in [2.75, 3.05) is 31.6 Å². The molecule has 0 radical (unpaired) electrons. The number of nitrogens with zero attached hydrogens (tertiary/aromatic N) is 4. The predicted octanol–water partition coefficient (Wildman–Crippen LogP) is 2.29. The highest BCUT2D eigenvalue weighted by atomic mass is 16.5. The van der Waals surface area contributed by atoms with Gasteiger partial charge in [-0.05, 0) is 30.0 Å². The van der Waals surface area contributed by atoms with Crippen LogP contribution in [0.25, 0.3) is 21.9 Å². The van der Waals surface area contributed by atoms with Crippen molar-refractivity contribution in [1.29, 1.82) is 0 Å². The molecule has 3 heterocycles. The number of aromatic nitrogens is 3. The van der Waals surface area contributed by atoms with Crippen LogP contribution >= 0.6 is 0 Å². The number of benzene rings is 1. The lowest BCUT2D eigenvalue weighted by atomic mass is 10.1. The summed E-state index contributed by atoms with van der Waals surface area (Å²) in [5.74, 6) is 0.510. The Morgan fingerprint density at radius 1 is 1.26 bits per heavy atom. The number of anilines is 1. The summed E-state index contributed by atoms with van der Waals surface area (Å²) in [5.41, 5.74) is 2.14. The van der Waals surface area contributed by atoms with E-state index in [4.69, 9.17) is 4.74 Å². The molecule has 1 N–H and O–H groups in total. The molecule has 1 atom stereocenters. The first kappa shape index (κ1) is 17.6. The van der Waals surface area contributed by atoms with Crippen LogP contribution in [0.4, 0.5) is 5.82 Å². The van der Waals surface area contributed by atoms with Gasteiger partial charge in [0.1, 0.15) is 5.82 Å². The number of aryl methyl sites for hydroxylation is 1. The van der Waals surface area contributed by atoms with Crippen LogP contribution in [0.1, 0.15) is 6.92 Å². The maximum Gasteiger partial charge on any atom is 0.239 e. The van der Waals surface area contributed by atoms with Crippen LogP contribution in [0.5, 0.6) is 0 Å². The van der Waals surface area contributed by atoms with Gasteiger partial charge in [0.2, 0.25) is 5.91 Å². The standard InChI is InChI=1S/C20H23N5O2/c1-14-13-27-6-5-25(14)12-20(26)23-19-8-17-7-15(3-4-16(17)9-21-19)18-10-22-24(2)11-18/h3-4,7-11,14H,5-6,12-13H2,1-2H3,(H,21,23,26). The van der Waals surface area contributed by atoms with Crippen molar-refractivity contribution in [3.05, 3.63) is 42.9 Å². The van der Waals surface area contributed by atoms with E-state index in [-0.39, 0.29) is 11.9 Å². The molecular formula is C20H23N5O2. The van der Waals surface area contributed by atoms with Crippen molar-refractivity contribution < 1.29 is 9.53 Å². The van der Waals surface area contributed by atoms with Gasteiger partial charge in [-0.3, -0.25) is 14.4 Å². The second-order valence-electron chi connectivity index (χ2n) is 6.98. The van der Waals surface area contributed by atoms with Gasteiger partial charge >= 0.3 is 0 Å². The molecule has 0 bridgehead atoms. The normalized spacial score (nSPS) is 17.9. The molecule has 0 saturated carbocycles. The number of pyridine rings is 1. The Balaban J connectivity index is 1.51. The molecule has 0 aliphatic carbocycles. The number of fused-ring (bicyclic) bond motifs is 1. The lowest BCUT2D eigenvalue weighted by molar-refractivity contribution is -0.119. The van der Waals surface area contributed by atoms with Crippen LogP contribution in [-0.2, 0) is 16.6 Å². The van der Waals surface area contributed by atoms with Gasteiger partial charge in [-0.15, -0.1) is 0 Å². The molecule has 4 rings (SSSR count). The molecule has 1 amide bonds. The van der Waals surface area contributed by atoms with E-state index >= 15 is 0 Å². The van der Waals surface area contributed by atoms with Crippen LogP contribution < -0.4 is 5.32 Å². The molecule has 0 spiro atoms. The molecule has 2 aromatic heterocycles. The number of amides is 1. The third kappa shape index (κ3) is 3.99. The molecule has 1 aliphatic heterocycles. The van der Waals surface area contributed by atoms with Crippen molar-refractivity contribution in [3.8, 4) is 11.1 Å². The second kappa shape index (κ2) is 7.46. The Kier molecular flexibility index (Phi) is 4.87. The average Bonchev–Trinajstić information content (AvgIpc) is 3.09. The van der Waals surface area contributed by atoms with Crippen molar-refractivity contribution in [2.24, 2.45) is 7.05 Å². The Hall–Kier alpha value is -2.77. The summed E-state index contributed by atoms with van der Waals surface area (Å²) in [7, 11) is 1.90. The molecule has 1 unspecified atom stereocenters. The average molecular weight is 365 g/mol. The van der Waals surface area contributed by atoms with Gasteiger partial charge in [-0.25, -0.2) is 4.98 Å². The number of nitrogens with one attached hydrogen (secondary N) is 1. The zero-order valence-electron chi connectivity index (χ0n) is 15.6. The van der Waals surface area contributed by atoms with E-state index in [1.807, 2.05) is 31.6 Å². The van der Waals surface area contributed by atoms with E-state index in [0.29, 0.717) is 25.6 Å². The molecular weight excluding hydrogens is 342 g/mol. The highest BCUT2D eigenvalue weighted by Crippen LogP contribution is 2.25. The number of morpholine rings is 1. The minimum Gasteiger partial charge on any atom is -0.379 e. The predicted molar refractivity (Wildman–Crippen MR) is 104 cm³/mol. The zero-order chi connectivity index (χ0) is 18.8. The number of hydrogen-bond donors (Lipinski definition) is 1.